The number of aryl methyl sites for hydroxylation is 2. The zero-order valence-electron chi connectivity index (χ0n) is 17.6. The first-order valence-corrected chi connectivity index (χ1v) is 10.9. The molecule has 0 bridgehead atoms. The van der Waals surface area contributed by atoms with Crippen molar-refractivity contribution >= 4 is 21.8 Å². The molecule has 0 amide bonds. The lowest BCUT2D eigenvalue weighted by Crippen LogP contribution is -1.91. The van der Waals surface area contributed by atoms with Crippen molar-refractivity contribution in [3.05, 3.63) is 107 Å². The molecule has 1 aliphatic rings. The highest BCUT2D eigenvalue weighted by molar-refractivity contribution is 6.08. The average molecular weight is 388 g/mol. The molecule has 5 aromatic rings. The van der Waals surface area contributed by atoms with E-state index in [-0.39, 0.29) is 0 Å². The molecule has 146 valence electrons. The van der Waals surface area contributed by atoms with E-state index < -0.39 is 0 Å². The Bertz CT molecular complexity index is 1430. The average Bonchev–Trinajstić information content (AvgIpc) is 3.28. The zero-order valence-corrected chi connectivity index (χ0v) is 17.6. The van der Waals surface area contributed by atoms with Crippen molar-refractivity contribution in [3.63, 3.8) is 0 Å². The van der Waals surface area contributed by atoms with E-state index >= 15 is 0 Å². The quantitative estimate of drug-likeness (QED) is 0.306. The van der Waals surface area contributed by atoms with Gasteiger partial charge < -0.3 is 4.57 Å². The van der Waals surface area contributed by atoms with E-state index in [0.717, 1.165) is 19.3 Å². The van der Waals surface area contributed by atoms with Crippen molar-refractivity contribution in [2.75, 3.05) is 0 Å². The predicted molar refractivity (Wildman–Crippen MR) is 127 cm³/mol. The number of hydrogen-bond donors (Lipinski definition) is 0. The maximum atomic E-state index is 2.42. The molecule has 0 saturated heterocycles. The van der Waals surface area contributed by atoms with E-state index in [1.165, 1.54) is 60.8 Å². The Hall–Kier alpha value is -3.32. The third-order valence-corrected chi connectivity index (χ3v) is 6.81. The van der Waals surface area contributed by atoms with Crippen molar-refractivity contribution in [2.45, 2.75) is 26.2 Å². The summed E-state index contributed by atoms with van der Waals surface area (Å²) in [5, 5.41) is 2.69. The third-order valence-electron chi connectivity index (χ3n) is 6.81. The van der Waals surface area contributed by atoms with Gasteiger partial charge >= 0.3 is 0 Å². The van der Waals surface area contributed by atoms with E-state index in [1.807, 2.05) is 0 Å². The van der Waals surface area contributed by atoms with Gasteiger partial charge in [-0.3, -0.25) is 0 Å². The van der Waals surface area contributed by atoms with Gasteiger partial charge in [0.15, 0.2) is 0 Å². The second kappa shape index (κ2) is 6.60. The molecular formula is C29H25N. The summed E-state index contributed by atoms with van der Waals surface area (Å²) in [5.41, 5.74) is 12.6. The first kappa shape index (κ1) is 17.5. The first-order valence-electron chi connectivity index (χ1n) is 10.9. The smallest absolute Gasteiger partial charge is 0.0488 e. The van der Waals surface area contributed by atoms with Gasteiger partial charge in [-0.1, -0.05) is 67.6 Å². The number of hydrogen-bond acceptors (Lipinski definition) is 0. The SMILES string of the molecule is CCc1ccc2c(c1)Cc1ccc(Cc3ccc4c(c3)c3ccccc3n4C)cc1-2. The van der Waals surface area contributed by atoms with E-state index in [4.69, 9.17) is 0 Å². The van der Waals surface area contributed by atoms with Crippen LogP contribution >= 0.6 is 0 Å². The van der Waals surface area contributed by atoms with Gasteiger partial charge in [-0.25, -0.2) is 0 Å². The number of fused-ring (bicyclic) bond motifs is 6. The van der Waals surface area contributed by atoms with Crippen LogP contribution in [0.2, 0.25) is 0 Å². The highest BCUT2D eigenvalue weighted by Gasteiger charge is 2.19. The molecule has 1 heteroatoms. The molecule has 1 nitrogen and oxygen atoms in total. The number of aromatic nitrogens is 1. The van der Waals surface area contributed by atoms with Crippen LogP contribution in [0.4, 0.5) is 0 Å². The van der Waals surface area contributed by atoms with Crippen molar-refractivity contribution in [1.82, 2.24) is 4.57 Å². The van der Waals surface area contributed by atoms with Crippen LogP contribution in [-0.2, 0) is 26.3 Å². The number of para-hydroxylation sites is 1. The summed E-state index contributed by atoms with van der Waals surface area (Å²) in [4.78, 5) is 0. The summed E-state index contributed by atoms with van der Waals surface area (Å²) in [6.45, 7) is 2.23. The van der Waals surface area contributed by atoms with Gasteiger partial charge in [0.2, 0.25) is 0 Å². The molecule has 0 atom stereocenters. The van der Waals surface area contributed by atoms with Crippen LogP contribution in [0.3, 0.4) is 0 Å². The van der Waals surface area contributed by atoms with Crippen LogP contribution in [0, 0.1) is 0 Å². The van der Waals surface area contributed by atoms with Gasteiger partial charge in [-0.2, -0.15) is 0 Å². The van der Waals surface area contributed by atoms with Crippen molar-refractivity contribution in [1.29, 1.82) is 0 Å². The Morgan fingerprint density at radius 1 is 0.667 bits per heavy atom. The molecule has 30 heavy (non-hydrogen) atoms. The molecule has 0 saturated carbocycles. The van der Waals surface area contributed by atoms with Crippen molar-refractivity contribution in [3.8, 4) is 11.1 Å². The van der Waals surface area contributed by atoms with Crippen LogP contribution < -0.4 is 0 Å². The Labute approximate surface area is 177 Å². The largest absolute Gasteiger partial charge is 0.344 e. The molecule has 6 rings (SSSR count). The Balaban J connectivity index is 1.39. The third kappa shape index (κ3) is 2.62. The molecule has 0 spiro atoms. The second-order valence-corrected chi connectivity index (χ2v) is 8.62. The topological polar surface area (TPSA) is 4.93 Å². The number of benzene rings is 4. The van der Waals surface area contributed by atoms with Crippen LogP contribution in [0.15, 0.2) is 78.9 Å². The highest BCUT2D eigenvalue weighted by atomic mass is 14.9. The van der Waals surface area contributed by atoms with Gasteiger partial charge in [0, 0.05) is 28.9 Å². The molecule has 0 fully saturated rings. The lowest BCUT2D eigenvalue weighted by Gasteiger charge is -2.07. The van der Waals surface area contributed by atoms with Crippen molar-refractivity contribution in [2.24, 2.45) is 7.05 Å². The minimum absolute atomic E-state index is 0.967. The minimum atomic E-state index is 0.967. The molecule has 1 heterocycles. The number of nitrogens with zero attached hydrogens (tertiary/aromatic N) is 1. The predicted octanol–water partition coefficient (Wildman–Crippen LogP) is 7.06. The lowest BCUT2D eigenvalue weighted by atomic mass is 9.97. The highest BCUT2D eigenvalue weighted by Crippen LogP contribution is 2.38. The monoisotopic (exact) mass is 387 g/mol. The van der Waals surface area contributed by atoms with Gasteiger partial charge in [0.1, 0.15) is 0 Å². The fraction of sp³-hybridized carbons (Fsp3) is 0.172. The van der Waals surface area contributed by atoms with Gasteiger partial charge in [-0.15, -0.1) is 0 Å². The Morgan fingerprint density at radius 2 is 1.43 bits per heavy atom. The molecule has 0 aliphatic heterocycles. The fourth-order valence-corrected chi connectivity index (χ4v) is 5.18. The standard InChI is InChI=1S/C29H25N/c1-3-19-9-12-24-23(15-19)18-22-11-8-20(16-26(22)24)14-21-10-13-29-27(17-21)25-6-4-5-7-28(25)30(29)2/h4-13,15-17H,3,14,18H2,1-2H3. The molecule has 1 aliphatic carbocycles. The summed E-state index contributed by atoms with van der Waals surface area (Å²) in [7, 11) is 2.16. The molecule has 0 radical (unpaired) electrons. The maximum Gasteiger partial charge on any atom is 0.0488 e. The van der Waals surface area contributed by atoms with E-state index in [1.54, 1.807) is 0 Å². The van der Waals surface area contributed by atoms with E-state index in [2.05, 4.69) is 97.4 Å². The summed E-state index contributed by atoms with van der Waals surface area (Å²) in [6, 6.07) is 29.7. The van der Waals surface area contributed by atoms with Crippen LogP contribution in [0.1, 0.15) is 34.7 Å². The lowest BCUT2D eigenvalue weighted by molar-refractivity contribution is 1.01. The van der Waals surface area contributed by atoms with Gasteiger partial charge in [0.25, 0.3) is 0 Å². The van der Waals surface area contributed by atoms with Crippen LogP contribution in [0.25, 0.3) is 32.9 Å². The Kier molecular flexibility index (Phi) is 3.86. The second-order valence-electron chi connectivity index (χ2n) is 8.62. The molecule has 0 N–H and O–H groups in total. The van der Waals surface area contributed by atoms with Crippen LogP contribution in [0.5, 0.6) is 0 Å². The maximum absolute atomic E-state index is 2.42. The molecule has 0 unspecified atom stereocenters. The molecule has 4 aromatic carbocycles. The van der Waals surface area contributed by atoms with E-state index in [0.29, 0.717) is 0 Å². The summed E-state index contributed by atoms with van der Waals surface area (Å²) < 4.78 is 2.30. The summed E-state index contributed by atoms with van der Waals surface area (Å²) >= 11 is 0. The molecular weight excluding hydrogens is 362 g/mol. The summed E-state index contributed by atoms with van der Waals surface area (Å²) in [6.07, 6.45) is 3.14. The van der Waals surface area contributed by atoms with Gasteiger partial charge in [0.05, 0.1) is 0 Å². The van der Waals surface area contributed by atoms with Gasteiger partial charge in [-0.05, 0) is 76.4 Å². The Morgan fingerprint density at radius 3 is 2.33 bits per heavy atom. The zero-order chi connectivity index (χ0) is 20.2. The first-order chi connectivity index (χ1) is 14.7. The van der Waals surface area contributed by atoms with Crippen LogP contribution in [-0.4, -0.2) is 4.57 Å². The minimum Gasteiger partial charge on any atom is -0.344 e. The van der Waals surface area contributed by atoms with Crippen molar-refractivity contribution < 1.29 is 0 Å². The normalized spacial score (nSPS) is 12.5. The van der Waals surface area contributed by atoms with E-state index in [9.17, 15) is 0 Å². The molecule has 1 aromatic heterocycles. The fourth-order valence-electron chi connectivity index (χ4n) is 5.18. The number of rotatable bonds is 3. The summed E-state index contributed by atoms with van der Waals surface area (Å²) in [5.74, 6) is 0.